The van der Waals surface area contributed by atoms with Crippen molar-refractivity contribution in [2.24, 2.45) is 7.05 Å². The molecule has 0 fully saturated rings. The van der Waals surface area contributed by atoms with Gasteiger partial charge in [-0.15, -0.1) is 0 Å². The number of benzene rings is 2. The van der Waals surface area contributed by atoms with Crippen LogP contribution in [0.25, 0.3) is 10.9 Å². The van der Waals surface area contributed by atoms with Gasteiger partial charge in [-0.1, -0.05) is 24.3 Å². The van der Waals surface area contributed by atoms with Crippen LogP contribution < -0.4 is 14.8 Å². The van der Waals surface area contributed by atoms with E-state index in [9.17, 15) is 4.79 Å². The van der Waals surface area contributed by atoms with Crippen LogP contribution in [0.2, 0.25) is 0 Å². The summed E-state index contributed by atoms with van der Waals surface area (Å²) < 4.78 is 12.8. The molecule has 0 saturated heterocycles. The first-order chi connectivity index (χ1) is 12.1. The lowest BCUT2D eigenvalue weighted by atomic mass is 10.1. The van der Waals surface area contributed by atoms with Crippen LogP contribution in [-0.4, -0.2) is 24.7 Å². The number of aryl methyl sites for hydroxylation is 1. The Labute approximate surface area is 147 Å². The summed E-state index contributed by atoms with van der Waals surface area (Å²) in [6.07, 6.45) is 0. The summed E-state index contributed by atoms with van der Waals surface area (Å²) in [4.78, 5) is 12.8. The molecule has 5 nitrogen and oxygen atoms in total. The molecule has 0 unspecified atom stereocenters. The molecule has 0 bridgehead atoms. The molecule has 2 aromatic carbocycles. The predicted octanol–water partition coefficient (Wildman–Crippen LogP) is 3.43. The molecule has 1 heterocycles. The Hall–Kier alpha value is -2.95. The standard InChI is InChI=1S/C20H22N2O3/c1-13-15(14-8-5-6-9-16(14)22(13)2)12-21-20(23)19-17(24-3)10-7-11-18(19)25-4/h5-11H,12H2,1-4H3,(H,21,23). The molecule has 0 atom stereocenters. The zero-order chi connectivity index (χ0) is 18.0. The Bertz CT molecular complexity index is 906. The highest BCUT2D eigenvalue weighted by molar-refractivity contribution is 6.00. The minimum absolute atomic E-state index is 0.221. The third-order valence-electron chi connectivity index (χ3n) is 4.61. The van der Waals surface area contributed by atoms with E-state index in [4.69, 9.17) is 9.47 Å². The van der Waals surface area contributed by atoms with Gasteiger partial charge in [0, 0.05) is 30.2 Å². The second-order valence-electron chi connectivity index (χ2n) is 5.86. The highest BCUT2D eigenvalue weighted by Gasteiger charge is 2.19. The van der Waals surface area contributed by atoms with Crippen molar-refractivity contribution in [2.45, 2.75) is 13.5 Å². The van der Waals surface area contributed by atoms with Gasteiger partial charge in [-0.05, 0) is 30.7 Å². The zero-order valence-corrected chi connectivity index (χ0v) is 14.9. The lowest BCUT2D eigenvalue weighted by Gasteiger charge is -2.13. The highest BCUT2D eigenvalue weighted by atomic mass is 16.5. The fraction of sp³-hybridized carbons (Fsp3) is 0.250. The number of aromatic nitrogens is 1. The van der Waals surface area contributed by atoms with Gasteiger partial charge in [-0.2, -0.15) is 0 Å². The van der Waals surface area contributed by atoms with E-state index < -0.39 is 0 Å². The van der Waals surface area contributed by atoms with Crippen molar-refractivity contribution in [3.05, 3.63) is 59.3 Å². The Kier molecular flexibility index (Phi) is 4.65. The molecule has 0 spiro atoms. The Morgan fingerprint density at radius 3 is 2.32 bits per heavy atom. The molecule has 0 radical (unpaired) electrons. The molecule has 0 saturated carbocycles. The molecular weight excluding hydrogens is 316 g/mol. The minimum Gasteiger partial charge on any atom is -0.496 e. The summed E-state index contributed by atoms with van der Waals surface area (Å²) in [5.41, 5.74) is 3.80. The largest absolute Gasteiger partial charge is 0.496 e. The number of methoxy groups -OCH3 is 2. The number of ether oxygens (including phenoxy) is 2. The molecule has 130 valence electrons. The maximum absolute atomic E-state index is 12.8. The predicted molar refractivity (Wildman–Crippen MR) is 98.4 cm³/mol. The average molecular weight is 338 g/mol. The van der Waals surface area contributed by atoms with E-state index in [1.165, 1.54) is 0 Å². The van der Waals surface area contributed by atoms with Crippen molar-refractivity contribution in [1.82, 2.24) is 9.88 Å². The molecule has 0 aliphatic heterocycles. The number of carbonyl (C=O) groups excluding carboxylic acids is 1. The number of rotatable bonds is 5. The summed E-state index contributed by atoms with van der Waals surface area (Å²) in [7, 11) is 5.12. The summed E-state index contributed by atoms with van der Waals surface area (Å²) in [5, 5.41) is 4.15. The Balaban J connectivity index is 1.91. The van der Waals surface area contributed by atoms with Crippen LogP contribution in [-0.2, 0) is 13.6 Å². The van der Waals surface area contributed by atoms with Crippen LogP contribution in [0.15, 0.2) is 42.5 Å². The molecule has 0 aliphatic carbocycles. The third-order valence-corrected chi connectivity index (χ3v) is 4.61. The SMILES string of the molecule is COc1cccc(OC)c1C(=O)NCc1c(C)n(C)c2ccccc12. The molecule has 25 heavy (non-hydrogen) atoms. The molecule has 1 aromatic heterocycles. The van der Waals surface area contributed by atoms with E-state index in [1.807, 2.05) is 19.2 Å². The lowest BCUT2D eigenvalue weighted by Crippen LogP contribution is -2.24. The molecule has 3 aromatic rings. The first-order valence-corrected chi connectivity index (χ1v) is 8.10. The second-order valence-corrected chi connectivity index (χ2v) is 5.86. The second kappa shape index (κ2) is 6.89. The number of fused-ring (bicyclic) bond motifs is 1. The van der Waals surface area contributed by atoms with Crippen LogP contribution in [0, 0.1) is 6.92 Å². The highest BCUT2D eigenvalue weighted by Crippen LogP contribution is 2.29. The zero-order valence-electron chi connectivity index (χ0n) is 14.9. The number of hydrogen-bond donors (Lipinski definition) is 1. The number of hydrogen-bond acceptors (Lipinski definition) is 3. The monoisotopic (exact) mass is 338 g/mol. The molecule has 1 amide bonds. The Morgan fingerprint density at radius 2 is 1.68 bits per heavy atom. The first kappa shape index (κ1) is 16.9. The van der Waals surface area contributed by atoms with Crippen molar-refractivity contribution in [3.63, 3.8) is 0 Å². The van der Waals surface area contributed by atoms with Crippen molar-refractivity contribution in [1.29, 1.82) is 0 Å². The summed E-state index contributed by atoms with van der Waals surface area (Å²) in [5.74, 6) is 0.764. The summed E-state index contributed by atoms with van der Waals surface area (Å²) >= 11 is 0. The van der Waals surface area contributed by atoms with Gasteiger partial charge >= 0.3 is 0 Å². The first-order valence-electron chi connectivity index (χ1n) is 8.10. The Morgan fingerprint density at radius 1 is 1.04 bits per heavy atom. The third kappa shape index (κ3) is 2.93. The van der Waals surface area contributed by atoms with Gasteiger partial charge in [0.2, 0.25) is 0 Å². The maximum atomic E-state index is 12.8. The van der Waals surface area contributed by atoms with Gasteiger partial charge in [-0.25, -0.2) is 0 Å². The normalized spacial score (nSPS) is 10.7. The van der Waals surface area contributed by atoms with E-state index in [0.29, 0.717) is 23.6 Å². The van der Waals surface area contributed by atoms with Crippen LogP contribution in [0.1, 0.15) is 21.6 Å². The van der Waals surface area contributed by atoms with Gasteiger partial charge in [0.05, 0.1) is 14.2 Å². The topological polar surface area (TPSA) is 52.5 Å². The van der Waals surface area contributed by atoms with E-state index in [-0.39, 0.29) is 5.91 Å². The van der Waals surface area contributed by atoms with Gasteiger partial charge in [0.15, 0.2) is 0 Å². The van der Waals surface area contributed by atoms with Crippen LogP contribution >= 0.6 is 0 Å². The van der Waals surface area contributed by atoms with Gasteiger partial charge in [0.25, 0.3) is 5.91 Å². The smallest absolute Gasteiger partial charge is 0.259 e. The fourth-order valence-electron chi connectivity index (χ4n) is 3.15. The molecule has 3 rings (SSSR count). The summed E-state index contributed by atoms with van der Waals surface area (Å²) in [6, 6.07) is 13.5. The molecular formula is C20H22N2O3. The minimum atomic E-state index is -0.221. The summed E-state index contributed by atoms with van der Waals surface area (Å²) in [6.45, 7) is 2.50. The van der Waals surface area contributed by atoms with Crippen LogP contribution in [0.4, 0.5) is 0 Å². The van der Waals surface area contributed by atoms with E-state index in [1.54, 1.807) is 32.4 Å². The number of nitrogens with zero attached hydrogens (tertiary/aromatic N) is 1. The number of para-hydroxylation sites is 1. The van der Waals surface area contributed by atoms with Gasteiger partial charge < -0.3 is 19.4 Å². The van der Waals surface area contributed by atoms with Gasteiger partial charge in [0.1, 0.15) is 17.1 Å². The van der Waals surface area contributed by atoms with Crippen molar-refractivity contribution in [2.75, 3.05) is 14.2 Å². The molecule has 1 N–H and O–H groups in total. The number of carbonyl (C=O) groups is 1. The number of nitrogens with one attached hydrogen (secondary N) is 1. The lowest BCUT2D eigenvalue weighted by molar-refractivity contribution is 0.0944. The van der Waals surface area contributed by atoms with E-state index in [0.717, 1.165) is 22.2 Å². The van der Waals surface area contributed by atoms with Crippen LogP contribution in [0.3, 0.4) is 0 Å². The van der Waals surface area contributed by atoms with Crippen LogP contribution in [0.5, 0.6) is 11.5 Å². The fourth-order valence-corrected chi connectivity index (χ4v) is 3.15. The quantitative estimate of drug-likeness (QED) is 0.775. The van der Waals surface area contributed by atoms with Crippen molar-refractivity contribution >= 4 is 16.8 Å². The van der Waals surface area contributed by atoms with Crippen molar-refractivity contribution in [3.8, 4) is 11.5 Å². The van der Waals surface area contributed by atoms with E-state index >= 15 is 0 Å². The number of amides is 1. The molecule has 0 aliphatic rings. The molecule has 5 heteroatoms. The van der Waals surface area contributed by atoms with E-state index in [2.05, 4.69) is 28.9 Å². The van der Waals surface area contributed by atoms with Crippen molar-refractivity contribution < 1.29 is 14.3 Å². The maximum Gasteiger partial charge on any atom is 0.259 e. The average Bonchev–Trinajstić information content (AvgIpc) is 2.89. The van der Waals surface area contributed by atoms with Gasteiger partial charge in [-0.3, -0.25) is 4.79 Å².